The van der Waals surface area contributed by atoms with Gasteiger partial charge in [0.05, 0.1) is 5.57 Å². The summed E-state index contributed by atoms with van der Waals surface area (Å²) in [7, 11) is 0. The summed E-state index contributed by atoms with van der Waals surface area (Å²) in [5.74, 6) is -0.0686. The van der Waals surface area contributed by atoms with Crippen LogP contribution in [-0.2, 0) is 9.59 Å². The Kier molecular flexibility index (Phi) is 3.84. The van der Waals surface area contributed by atoms with Crippen LogP contribution >= 0.6 is 0 Å². The summed E-state index contributed by atoms with van der Waals surface area (Å²) in [4.78, 5) is 26.5. The molecule has 2 aliphatic rings. The normalized spacial score (nSPS) is 15.8. The number of imide groups is 1. The number of fused-ring (bicyclic) bond motifs is 1. The number of halogens is 1. The number of ether oxygens (including phenoxy) is 2. The van der Waals surface area contributed by atoms with Gasteiger partial charge in [0.25, 0.3) is 11.8 Å². The molecule has 0 atom stereocenters. The molecule has 0 aliphatic carbocycles. The van der Waals surface area contributed by atoms with Crippen LogP contribution in [0.15, 0.2) is 48.2 Å². The van der Waals surface area contributed by atoms with E-state index in [9.17, 15) is 14.0 Å². The summed E-state index contributed by atoms with van der Waals surface area (Å²) in [6.45, 7) is 2.11. The number of carbonyl (C=O) groups excluding carboxylic acids is 2. The van der Waals surface area contributed by atoms with Crippen LogP contribution in [0.3, 0.4) is 0 Å². The van der Waals surface area contributed by atoms with Crippen molar-refractivity contribution in [2.75, 3.05) is 18.7 Å². The quantitative estimate of drug-likeness (QED) is 0.855. The molecule has 2 heterocycles. The summed E-state index contributed by atoms with van der Waals surface area (Å²) < 4.78 is 23.8. The van der Waals surface area contributed by atoms with Crippen molar-refractivity contribution in [3.8, 4) is 11.5 Å². The van der Waals surface area contributed by atoms with Crippen LogP contribution in [0.4, 0.5) is 10.1 Å². The standard InChI is InChI=1S/C19H15FN2O4/c1-2-22-18(23)16(11-3-5-12(20)6-4-11)17(19(22)24)21-13-7-8-14-15(9-13)26-10-25-14/h3-9,21H,2,10H2,1H3. The fraction of sp³-hybridized carbons (Fsp3) is 0.158. The minimum Gasteiger partial charge on any atom is -0.454 e. The van der Waals surface area contributed by atoms with Crippen molar-refractivity contribution >= 4 is 23.1 Å². The van der Waals surface area contributed by atoms with Gasteiger partial charge in [0, 0.05) is 18.3 Å². The Morgan fingerprint density at radius 3 is 2.50 bits per heavy atom. The Hall–Kier alpha value is -3.35. The number of benzene rings is 2. The van der Waals surface area contributed by atoms with Crippen LogP contribution < -0.4 is 14.8 Å². The molecule has 7 heteroatoms. The predicted octanol–water partition coefficient (Wildman–Crippen LogP) is 2.77. The van der Waals surface area contributed by atoms with Gasteiger partial charge in [-0.25, -0.2) is 4.39 Å². The molecule has 2 aromatic carbocycles. The van der Waals surface area contributed by atoms with Gasteiger partial charge < -0.3 is 14.8 Å². The molecular formula is C19H15FN2O4. The van der Waals surface area contributed by atoms with E-state index in [1.54, 1.807) is 25.1 Å². The Bertz CT molecular complexity index is 937. The van der Waals surface area contributed by atoms with Crippen molar-refractivity contribution in [3.05, 3.63) is 59.5 Å². The van der Waals surface area contributed by atoms with Crippen molar-refractivity contribution in [1.29, 1.82) is 0 Å². The van der Waals surface area contributed by atoms with E-state index in [1.807, 2.05) is 0 Å². The molecule has 0 fully saturated rings. The number of nitrogens with one attached hydrogen (secondary N) is 1. The Morgan fingerprint density at radius 2 is 1.77 bits per heavy atom. The lowest BCUT2D eigenvalue weighted by atomic mass is 10.0. The molecule has 132 valence electrons. The maximum Gasteiger partial charge on any atom is 0.278 e. The fourth-order valence-electron chi connectivity index (χ4n) is 2.98. The number of rotatable bonds is 4. The molecule has 6 nitrogen and oxygen atoms in total. The van der Waals surface area contributed by atoms with Crippen LogP contribution in [0.1, 0.15) is 12.5 Å². The zero-order chi connectivity index (χ0) is 18.3. The van der Waals surface area contributed by atoms with Crippen molar-refractivity contribution < 1.29 is 23.5 Å². The molecule has 2 aromatic rings. The number of amides is 2. The summed E-state index contributed by atoms with van der Waals surface area (Å²) in [5, 5.41) is 3.02. The first-order valence-electron chi connectivity index (χ1n) is 8.11. The van der Waals surface area contributed by atoms with Gasteiger partial charge in [-0.3, -0.25) is 14.5 Å². The van der Waals surface area contributed by atoms with E-state index in [0.29, 0.717) is 22.7 Å². The highest BCUT2D eigenvalue weighted by molar-refractivity contribution is 6.36. The topological polar surface area (TPSA) is 67.9 Å². The monoisotopic (exact) mass is 354 g/mol. The SMILES string of the molecule is CCN1C(=O)C(Nc2ccc3c(c2)OCO3)=C(c2ccc(F)cc2)C1=O. The number of hydrogen-bond acceptors (Lipinski definition) is 5. The fourth-order valence-corrected chi connectivity index (χ4v) is 2.98. The van der Waals surface area contributed by atoms with E-state index < -0.39 is 17.6 Å². The van der Waals surface area contributed by atoms with E-state index in [-0.39, 0.29) is 24.6 Å². The molecule has 0 spiro atoms. The van der Waals surface area contributed by atoms with E-state index in [0.717, 1.165) is 4.90 Å². The highest BCUT2D eigenvalue weighted by Gasteiger charge is 2.38. The molecule has 0 saturated heterocycles. The molecule has 0 radical (unpaired) electrons. The van der Waals surface area contributed by atoms with Gasteiger partial charge in [0.15, 0.2) is 11.5 Å². The van der Waals surface area contributed by atoms with Gasteiger partial charge in [-0.05, 0) is 36.8 Å². The van der Waals surface area contributed by atoms with E-state index in [1.165, 1.54) is 24.3 Å². The van der Waals surface area contributed by atoms with E-state index >= 15 is 0 Å². The molecular weight excluding hydrogens is 339 g/mol. The Labute approximate surface area is 148 Å². The van der Waals surface area contributed by atoms with E-state index in [2.05, 4.69) is 5.32 Å². The third-order valence-corrected chi connectivity index (χ3v) is 4.26. The second-order valence-electron chi connectivity index (χ2n) is 5.80. The number of nitrogens with zero attached hydrogens (tertiary/aromatic N) is 1. The third-order valence-electron chi connectivity index (χ3n) is 4.26. The minimum absolute atomic E-state index is 0.142. The summed E-state index contributed by atoms with van der Waals surface area (Å²) in [5.41, 5.74) is 1.43. The van der Waals surface area contributed by atoms with Crippen LogP contribution in [-0.4, -0.2) is 30.1 Å². The van der Waals surface area contributed by atoms with Crippen molar-refractivity contribution in [3.63, 3.8) is 0 Å². The number of hydrogen-bond donors (Lipinski definition) is 1. The van der Waals surface area contributed by atoms with E-state index in [4.69, 9.17) is 9.47 Å². The molecule has 2 aliphatic heterocycles. The average Bonchev–Trinajstić information content (AvgIpc) is 3.19. The molecule has 0 saturated carbocycles. The van der Waals surface area contributed by atoms with Crippen molar-refractivity contribution in [1.82, 2.24) is 4.90 Å². The molecule has 0 aromatic heterocycles. The first-order valence-corrected chi connectivity index (χ1v) is 8.11. The predicted molar refractivity (Wildman–Crippen MR) is 91.9 cm³/mol. The minimum atomic E-state index is -0.422. The maximum absolute atomic E-state index is 13.2. The molecule has 1 N–H and O–H groups in total. The van der Waals surface area contributed by atoms with Crippen LogP contribution in [0.25, 0.3) is 5.57 Å². The van der Waals surface area contributed by atoms with Crippen LogP contribution in [0.2, 0.25) is 0 Å². The lowest BCUT2D eigenvalue weighted by Crippen LogP contribution is -2.32. The maximum atomic E-state index is 13.2. The summed E-state index contributed by atoms with van der Waals surface area (Å²) in [6.07, 6.45) is 0. The van der Waals surface area contributed by atoms with Gasteiger partial charge in [-0.1, -0.05) is 12.1 Å². The lowest BCUT2D eigenvalue weighted by molar-refractivity contribution is -0.136. The largest absolute Gasteiger partial charge is 0.454 e. The van der Waals surface area contributed by atoms with Crippen molar-refractivity contribution in [2.24, 2.45) is 0 Å². The molecule has 26 heavy (non-hydrogen) atoms. The van der Waals surface area contributed by atoms with Gasteiger partial charge >= 0.3 is 0 Å². The van der Waals surface area contributed by atoms with Gasteiger partial charge in [-0.2, -0.15) is 0 Å². The molecule has 4 rings (SSSR count). The Balaban J connectivity index is 1.76. The number of likely N-dealkylation sites (N-methyl/N-ethyl adjacent to an activating group) is 1. The highest BCUT2D eigenvalue weighted by atomic mass is 19.1. The first kappa shape index (κ1) is 16.1. The Morgan fingerprint density at radius 1 is 1.04 bits per heavy atom. The van der Waals surface area contributed by atoms with Crippen LogP contribution in [0, 0.1) is 5.82 Å². The average molecular weight is 354 g/mol. The number of carbonyl (C=O) groups is 2. The highest BCUT2D eigenvalue weighted by Crippen LogP contribution is 2.36. The smallest absolute Gasteiger partial charge is 0.278 e. The van der Waals surface area contributed by atoms with Gasteiger partial charge in [0.2, 0.25) is 6.79 Å². The first-order chi connectivity index (χ1) is 12.6. The summed E-state index contributed by atoms with van der Waals surface area (Å²) >= 11 is 0. The van der Waals surface area contributed by atoms with Crippen molar-refractivity contribution in [2.45, 2.75) is 6.92 Å². The molecule has 0 unspecified atom stereocenters. The molecule has 0 bridgehead atoms. The summed E-state index contributed by atoms with van der Waals surface area (Å²) in [6, 6.07) is 10.6. The second kappa shape index (κ2) is 6.18. The third kappa shape index (κ3) is 2.57. The van der Waals surface area contributed by atoms with Gasteiger partial charge in [-0.15, -0.1) is 0 Å². The second-order valence-corrected chi connectivity index (χ2v) is 5.80. The van der Waals surface area contributed by atoms with Gasteiger partial charge in [0.1, 0.15) is 11.5 Å². The molecule has 2 amide bonds. The van der Waals surface area contributed by atoms with Crippen LogP contribution in [0.5, 0.6) is 11.5 Å². The lowest BCUT2D eigenvalue weighted by Gasteiger charge is -2.12. The zero-order valence-electron chi connectivity index (χ0n) is 13.9. The number of anilines is 1. The zero-order valence-corrected chi connectivity index (χ0v) is 13.9.